The van der Waals surface area contributed by atoms with Crippen molar-refractivity contribution in [1.82, 2.24) is 4.90 Å². The third kappa shape index (κ3) is 4.04. The highest BCUT2D eigenvalue weighted by atomic mass is 35.5. The molecule has 18 heavy (non-hydrogen) atoms. The summed E-state index contributed by atoms with van der Waals surface area (Å²) < 4.78 is 38.0. The molecule has 1 aliphatic rings. The zero-order valence-electron chi connectivity index (χ0n) is 10.5. The zero-order valence-corrected chi connectivity index (χ0v) is 11.2. The van der Waals surface area contributed by atoms with E-state index in [4.69, 9.17) is 11.6 Å². The fourth-order valence-corrected chi connectivity index (χ4v) is 2.70. The summed E-state index contributed by atoms with van der Waals surface area (Å²) in [5, 5.41) is 0. The van der Waals surface area contributed by atoms with Crippen LogP contribution in [0, 0.1) is 11.8 Å². The molecule has 1 amide bonds. The first-order valence-electron chi connectivity index (χ1n) is 6.31. The molecule has 0 spiro atoms. The number of carbonyl (C=O) groups excluding carboxylic acids is 1. The number of carbonyl (C=O) groups is 1. The molecule has 0 heterocycles. The van der Waals surface area contributed by atoms with Crippen LogP contribution in [0.5, 0.6) is 0 Å². The van der Waals surface area contributed by atoms with Crippen LogP contribution < -0.4 is 0 Å². The van der Waals surface area contributed by atoms with Crippen molar-refractivity contribution in [2.75, 3.05) is 19.0 Å². The van der Waals surface area contributed by atoms with Crippen LogP contribution in [-0.2, 0) is 4.79 Å². The van der Waals surface area contributed by atoms with Crippen LogP contribution in [0.15, 0.2) is 0 Å². The molecule has 0 N–H and O–H groups in total. The lowest BCUT2D eigenvalue weighted by Crippen LogP contribution is -2.41. The van der Waals surface area contributed by atoms with E-state index >= 15 is 0 Å². The van der Waals surface area contributed by atoms with Crippen molar-refractivity contribution >= 4 is 17.5 Å². The molecular formula is C12H19ClF3NO. The number of hydrogen-bond acceptors (Lipinski definition) is 1. The van der Waals surface area contributed by atoms with Crippen molar-refractivity contribution in [1.29, 1.82) is 0 Å². The summed E-state index contributed by atoms with van der Waals surface area (Å²) in [7, 11) is 0. The van der Waals surface area contributed by atoms with E-state index in [1.165, 1.54) is 0 Å². The van der Waals surface area contributed by atoms with Gasteiger partial charge in [-0.05, 0) is 26.2 Å². The molecule has 1 fully saturated rings. The standard InChI is InChI=1S/C12H19ClF3NO/c1-2-17(7-6-13)11(18)9-4-3-5-10(8-9)12(14,15)16/h9-10H,2-8H2,1H3. The Kier molecular flexibility index (Phi) is 5.76. The fraction of sp³-hybridized carbons (Fsp3) is 0.917. The third-order valence-corrected chi connectivity index (χ3v) is 3.70. The molecule has 2 nitrogen and oxygen atoms in total. The Labute approximate surface area is 110 Å². The predicted molar refractivity (Wildman–Crippen MR) is 64.5 cm³/mol. The largest absolute Gasteiger partial charge is 0.391 e. The second-order valence-electron chi connectivity index (χ2n) is 4.71. The van der Waals surface area contributed by atoms with E-state index in [0.29, 0.717) is 31.8 Å². The molecule has 0 saturated heterocycles. The Morgan fingerprint density at radius 3 is 2.56 bits per heavy atom. The second-order valence-corrected chi connectivity index (χ2v) is 5.09. The molecule has 106 valence electrons. The molecule has 1 rings (SSSR count). The van der Waals surface area contributed by atoms with Crippen molar-refractivity contribution in [3.63, 3.8) is 0 Å². The summed E-state index contributed by atoms with van der Waals surface area (Å²) >= 11 is 5.59. The first-order chi connectivity index (χ1) is 8.40. The minimum absolute atomic E-state index is 0.0683. The van der Waals surface area contributed by atoms with E-state index in [-0.39, 0.29) is 18.7 Å². The molecule has 1 saturated carbocycles. The van der Waals surface area contributed by atoms with Gasteiger partial charge in [0, 0.05) is 24.9 Å². The van der Waals surface area contributed by atoms with Gasteiger partial charge in [0.1, 0.15) is 0 Å². The maximum Gasteiger partial charge on any atom is 0.391 e. The van der Waals surface area contributed by atoms with Gasteiger partial charge in [0.25, 0.3) is 0 Å². The van der Waals surface area contributed by atoms with Crippen molar-refractivity contribution in [2.45, 2.75) is 38.8 Å². The Morgan fingerprint density at radius 1 is 1.39 bits per heavy atom. The summed E-state index contributed by atoms with van der Waals surface area (Å²) in [5.74, 6) is -1.68. The van der Waals surface area contributed by atoms with Crippen LogP contribution in [0.1, 0.15) is 32.6 Å². The minimum Gasteiger partial charge on any atom is -0.342 e. The monoisotopic (exact) mass is 285 g/mol. The van der Waals surface area contributed by atoms with Gasteiger partial charge in [0.05, 0.1) is 5.92 Å². The van der Waals surface area contributed by atoms with Crippen LogP contribution in [-0.4, -0.2) is 36.0 Å². The SMILES string of the molecule is CCN(CCCl)C(=O)C1CCCC(C(F)(F)F)C1. The van der Waals surface area contributed by atoms with E-state index in [1.54, 1.807) is 4.90 Å². The molecule has 0 radical (unpaired) electrons. The van der Waals surface area contributed by atoms with Gasteiger partial charge in [-0.3, -0.25) is 4.79 Å². The second kappa shape index (κ2) is 6.64. The van der Waals surface area contributed by atoms with Crippen molar-refractivity contribution in [3.05, 3.63) is 0 Å². The first-order valence-corrected chi connectivity index (χ1v) is 6.85. The lowest BCUT2D eigenvalue weighted by Gasteiger charge is -2.32. The first kappa shape index (κ1) is 15.6. The van der Waals surface area contributed by atoms with Gasteiger partial charge in [-0.25, -0.2) is 0 Å². The number of halogens is 4. The maximum absolute atomic E-state index is 12.7. The minimum atomic E-state index is -4.18. The highest BCUT2D eigenvalue weighted by Crippen LogP contribution is 2.40. The highest BCUT2D eigenvalue weighted by molar-refractivity contribution is 6.18. The van der Waals surface area contributed by atoms with Crippen LogP contribution in [0.2, 0.25) is 0 Å². The number of nitrogens with zero attached hydrogens (tertiary/aromatic N) is 1. The van der Waals surface area contributed by atoms with E-state index in [9.17, 15) is 18.0 Å². The van der Waals surface area contributed by atoms with Gasteiger partial charge in [-0.2, -0.15) is 13.2 Å². The zero-order chi connectivity index (χ0) is 13.8. The van der Waals surface area contributed by atoms with Gasteiger partial charge in [0.15, 0.2) is 0 Å². The summed E-state index contributed by atoms with van der Waals surface area (Å²) in [6.45, 7) is 2.72. The number of rotatable bonds is 4. The average Bonchev–Trinajstić information content (AvgIpc) is 2.34. The van der Waals surface area contributed by atoms with Crippen LogP contribution in [0.25, 0.3) is 0 Å². The maximum atomic E-state index is 12.7. The van der Waals surface area contributed by atoms with E-state index in [2.05, 4.69) is 0 Å². The highest BCUT2D eigenvalue weighted by Gasteiger charge is 2.44. The Hall–Kier alpha value is -0.450. The van der Waals surface area contributed by atoms with E-state index in [1.807, 2.05) is 6.92 Å². The van der Waals surface area contributed by atoms with Crippen LogP contribution >= 0.6 is 11.6 Å². The van der Waals surface area contributed by atoms with Crippen LogP contribution in [0.3, 0.4) is 0 Å². The molecule has 0 aromatic carbocycles. The molecule has 2 unspecified atom stereocenters. The number of hydrogen-bond donors (Lipinski definition) is 0. The molecule has 0 aromatic heterocycles. The Morgan fingerprint density at radius 2 is 2.06 bits per heavy atom. The topological polar surface area (TPSA) is 20.3 Å². The summed E-state index contributed by atoms with van der Waals surface area (Å²) in [6.07, 6.45) is -3.07. The van der Waals surface area contributed by atoms with Crippen molar-refractivity contribution in [2.24, 2.45) is 11.8 Å². The van der Waals surface area contributed by atoms with E-state index < -0.39 is 18.0 Å². The van der Waals surface area contributed by atoms with Gasteiger partial charge in [0.2, 0.25) is 5.91 Å². The summed E-state index contributed by atoms with van der Waals surface area (Å²) in [6, 6.07) is 0. The van der Waals surface area contributed by atoms with Gasteiger partial charge < -0.3 is 4.90 Å². The van der Waals surface area contributed by atoms with Crippen molar-refractivity contribution in [3.8, 4) is 0 Å². The normalized spacial score (nSPS) is 24.9. The molecule has 2 atom stereocenters. The van der Waals surface area contributed by atoms with Crippen molar-refractivity contribution < 1.29 is 18.0 Å². The van der Waals surface area contributed by atoms with E-state index in [0.717, 1.165) is 0 Å². The number of alkyl halides is 4. The molecule has 0 aromatic rings. The molecular weight excluding hydrogens is 267 g/mol. The van der Waals surface area contributed by atoms with Gasteiger partial charge >= 0.3 is 6.18 Å². The molecule has 1 aliphatic carbocycles. The molecule has 0 aliphatic heterocycles. The lowest BCUT2D eigenvalue weighted by molar-refractivity contribution is -0.187. The van der Waals surface area contributed by atoms with Gasteiger partial charge in [-0.15, -0.1) is 11.6 Å². The van der Waals surface area contributed by atoms with Crippen LogP contribution in [0.4, 0.5) is 13.2 Å². The number of amides is 1. The fourth-order valence-electron chi connectivity index (χ4n) is 2.50. The van der Waals surface area contributed by atoms with Gasteiger partial charge in [-0.1, -0.05) is 6.42 Å². The molecule has 0 bridgehead atoms. The predicted octanol–water partition coefficient (Wildman–Crippen LogP) is 3.44. The quantitative estimate of drug-likeness (QED) is 0.725. The summed E-state index contributed by atoms with van der Waals surface area (Å²) in [5.41, 5.74) is 0. The summed E-state index contributed by atoms with van der Waals surface area (Å²) in [4.78, 5) is 13.6. The Bertz CT molecular complexity index is 283. The third-order valence-electron chi connectivity index (χ3n) is 3.53. The smallest absolute Gasteiger partial charge is 0.342 e. The lowest BCUT2D eigenvalue weighted by atomic mass is 9.80. The Balaban J connectivity index is 2.63. The molecule has 6 heteroatoms. The average molecular weight is 286 g/mol.